The molecule has 6 heteroatoms. The van der Waals surface area contributed by atoms with Crippen LogP contribution in [0.3, 0.4) is 0 Å². The van der Waals surface area contributed by atoms with Crippen LogP contribution in [0, 0.1) is 0 Å². The maximum Gasteiger partial charge on any atom is 0.160 e. The van der Waals surface area contributed by atoms with E-state index < -0.39 is 0 Å². The van der Waals surface area contributed by atoms with Gasteiger partial charge in [-0.2, -0.15) is 0 Å². The van der Waals surface area contributed by atoms with Crippen molar-refractivity contribution in [2.75, 3.05) is 0 Å². The van der Waals surface area contributed by atoms with Crippen molar-refractivity contribution in [1.82, 2.24) is 18.3 Å². The average molecular weight is 1450 g/mol. The van der Waals surface area contributed by atoms with Gasteiger partial charge in [-0.1, -0.05) is 291 Å². The van der Waals surface area contributed by atoms with E-state index in [9.17, 15) is 0 Å². The van der Waals surface area contributed by atoms with Crippen LogP contribution in [-0.2, 0) is 0 Å². The van der Waals surface area contributed by atoms with Crippen LogP contribution in [0.2, 0.25) is 0 Å². The van der Waals surface area contributed by atoms with Gasteiger partial charge in [-0.15, -0.1) is 0 Å². The second-order valence-corrected chi connectivity index (χ2v) is 30.0. The van der Waals surface area contributed by atoms with Gasteiger partial charge in [-0.05, 0) is 187 Å². The van der Waals surface area contributed by atoms with E-state index >= 15 is 0 Å². The van der Waals surface area contributed by atoms with E-state index in [1.165, 1.54) is 60.1 Å². The second-order valence-electron chi connectivity index (χ2n) is 30.0. The summed E-state index contributed by atoms with van der Waals surface area (Å²) in [5.41, 5.74) is 32.6. The Labute approximate surface area is 655 Å². The lowest BCUT2D eigenvalue weighted by Crippen LogP contribution is -1.96. The second kappa shape index (κ2) is 25.2. The first-order valence-electron chi connectivity index (χ1n) is 39.1. The van der Waals surface area contributed by atoms with Crippen molar-refractivity contribution in [3.63, 3.8) is 0 Å². The highest BCUT2D eigenvalue weighted by molar-refractivity contribution is 6.24. The first kappa shape index (κ1) is 63.7. The van der Waals surface area contributed by atoms with Crippen molar-refractivity contribution in [1.29, 1.82) is 0 Å². The molecule has 0 amide bonds. The summed E-state index contributed by atoms with van der Waals surface area (Å²) < 4.78 is 24.1. The highest BCUT2D eigenvalue weighted by atomic mass is 16.3. The van der Waals surface area contributed by atoms with E-state index in [-0.39, 0.29) is 0 Å². The van der Waals surface area contributed by atoms with E-state index in [1.54, 1.807) is 0 Å². The van der Waals surface area contributed by atoms with Crippen LogP contribution in [0.1, 0.15) is 0 Å². The molecule has 0 saturated heterocycles. The maximum atomic E-state index is 7.20. The molecule has 0 saturated carbocycles. The van der Waals surface area contributed by atoms with Gasteiger partial charge >= 0.3 is 0 Å². The van der Waals surface area contributed by atoms with Crippen LogP contribution in [0.5, 0.6) is 0 Å². The zero-order chi connectivity index (χ0) is 74.6. The van der Waals surface area contributed by atoms with Crippen LogP contribution >= 0.6 is 0 Å². The van der Waals surface area contributed by atoms with E-state index in [1.807, 2.05) is 0 Å². The first-order valence-corrected chi connectivity index (χ1v) is 39.1. The van der Waals surface area contributed by atoms with Crippen LogP contribution in [0.25, 0.3) is 232 Å². The topological polar surface area (TPSA) is 46.0 Å². The molecule has 6 heterocycles. The Morgan fingerprint density at radius 3 is 1.05 bits per heavy atom. The van der Waals surface area contributed by atoms with Crippen molar-refractivity contribution < 1.29 is 8.83 Å². The Morgan fingerprint density at radius 1 is 0.158 bits per heavy atom. The van der Waals surface area contributed by atoms with Crippen molar-refractivity contribution in [2.45, 2.75) is 0 Å². The fourth-order valence-corrected chi connectivity index (χ4v) is 19.2. The normalized spacial score (nSPS) is 12.0. The third-order valence-electron chi connectivity index (χ3n) is 24.0. The van der Waals surface area contributed by atoms with Crippen molar-refractivity contribution in [3.05, 3.63) is 400 Å². The summed E-state index contributed by atoms with van der Waals surface area (Å²) in [4.78, 5) is 0. The largest absolute Gasteiger partial charge is 0.454 e. The summed E-state index contributed by atoms with van der Waals surface area (Å²) in [5, 5.41) is 13.8. The zero-order valence-electron chi connectivity index (χ0n) is 61.7. The lowest BCUT2D eigenvalue weighted by Gasteiger charge is -2.16. The Bertz CT molecular complexity index is 8090. The minimum Gasteiger partial charge on any atom is -0.454 e. The Morgan fingerprint density at radius 2 is 0.518 bits per heavy atom. The van der Waals surface area contributed by atoms with Gasteiger partial charge in [0.1, 0.15) is 11.2 Å². The van der Waals surface area contributed by atoms with E-state index in [0.29, 0.717) is 0 Å². The first-order chi connectivity index (χ1) is 56.6. The average Bonchev–Trinajstić information content (AvgIpc) is 1.55. The van der Waals surface area contributed by atoms with E-state index in [2.05, 4.69) is 419 Å². The molecule has 6 nitrogen and oxygen atoms in total. The van der Waals surface area contributed by atoms with Gasteiger partial charge in [-0.25, -0.2) is 0 Å². The number of hydrogen-bond acceptors (Lipinski definition) is 2. The number of rotatable bonds is 11. The van der Waals surface area contributed by atoms with Crippen molar-refractivity contribution in [2.24, 2.45) is 0 Å². The summed E-state index contributed by atoms with van der Waals surface area (Å²) in [6, 6.07) is 147. The molecule has 0 bridgehead atoms. The lowest BCUT2D eigenvalue weighted by atomic mass is 9.90. The highest BCUT2D eigenvalue weighted by Crippen LogP contribution is 2.51. The smallest absolute Gasteiger partial charge is 0.160 e. The number of hydrogen-bond donors (Lipinski definition) is 0. The molecule has 0 unspecified atom stereocenters. The summed E-state index contributed by atoms with van der Waals surface area (Å²) in [6.45, 7) is 0. The fraction of sp³-hybridized carbons (Fsp3) is 0. The molecule has 6 aromatic heterocycles. The number of nitrogens with zero attached hydrogens (tertiary/aromatic N) is 4. The molecule has 18 aromatic carbocycles. The quantitative estimate of drug-likeness (QED) is 0.130. The molecule has 24 rings (SSSR count). The third kappa shape index (κ3) is 9.49. The molecule has 0 radical (unpaired) electrons. The highest BCUT2D eigenvalue weighted by Gasteiger charge is 2.28. The Kier molecular flexibility index (Phi) is 14.0. The summed E-state index contributed by atoms with van der Waals surface area (Å²) in [6.07, 6.45) is 0. The van der Waals surface area contributed by atoms with Crippen molar-refractivity contribution >= 4 is 131 Å². The van der Waals surface area contributed by atoms with Gasteiger partial charge in [0.25, 0.3) is 0 Å². The van der Waals surface area contributed by atoms with E-state index in [4.69, 9.17) is 8.83 Å². The fourth-order valence-electron chi connectivity index (χ4n) is 19.2. The Balaban J connectivity index is 0.665. The number of aromatic nitrogens is 4. The molecule has 0 spiro atoms. The van der Waals surface area contributed by atoms with Gasteiger partial charge < -0.3 is 27.1 Å². The predicted molar refractivity (Wildman–Crippen MR) is 476 cm³/mol. The maximum absolute atomic E-state index is 7.20. The third-order valence-corrected chi connectivity index (χ3v) is 24.0. The summed E-state index contributed by atoms with van der Waals surface area (Å²) in [5.74, 6) is 0. The van der Waals surface area contributed by atoms with Crippen LogP contribution in [0.4, 0.5) is 0 Å². The molecule has 0 N–H and O–H groups in total. The minimum absolute atomic E-state index is 0.839. The minimum atomic E-state index is 0.839. The number of benzene rings is 18. The van der Waals surface area contributed by atoms with Crippen molar-refractivity contribution in [3.8, 4) is 101 Å². The summed E-state index contributed by atoms with van der Waals surface area (Å²) >= 11 is 0. The Hall–Kier alpha value is -15.2. The standard InChI is InChI=1S/C108H66N4O2/c1-4-28-67(29-5-1)73-34-10-12-36-76(73)81-59-62-98(107-105(81)85-42-18-24-52-101(85)113-107)111-93-48-22-16-40-83(93)103-75(44-26-50-96(103)111)70-56-61-95-89(64-70)78-38-14-20-46-91(78)109(95)72-57-54-69(55-58-72)87-65-90-79-39-15-21-47-92(79)110(71-32-8-3-9-33-71)100(90)66-88(87)80-45-27-51-97-104(80)84-41-17-23-49-94(84)112(97)99-63-60-82(106-86-43-19-25-53-102(86)114-108(99)106)77-37-13-11-35-74(77)68-30-6-2-7-31-68/h1-66H. The monoisotopic (exact) mass is 1450 g/mol. The molecule has 0 aliphatic rings. The number of furan rings is 2. The molecule has 24 aromatic rings. The predicted octanol–water partition coefficient (Wildman–Crippen LogP) is 29.5. The van der Waals surface area contributed by atoms with Crippen LogP contribution in [-0.4, -0.2) is 18.3 Å². The van der Waals surface area contributed by atoms with Crippen LogP contribution < -0.4 is 0 Å². The molecule has 530 valence electrons. The van der Waals surface area contributed by atoms with Gasteiger partial charge in [0, 0.05) is 76.0 Å². The SMILES string of the molecule is c1ccc(-c2ccccc2-c2ccc(-n3c4ccccc4c4c(-c5ccc6c(c5)c5ccccc5n6-c5ccc(-c6cc7c8ccccc8n(-c8ccccc8)c7cc6-c6cccc7c6c6ccccc6n7-c6ccc(-c7ccccc7-c7ccccc7)c7c6oc6ccccc67)cc5)cccc43)c3oc4ccccc4c23)cc1. The van der Waals surface area contributed by atoms with Crippen LogP contribution in [0.15, 0.2) is 409 Å². The molecule has 0 fully saturated rings. The van der Waals surface area contributed by atoms with Gasteiger partial charge in [-0.3, -0.25) is 0 Å². The van der Waals surface area contributed by atoms with Gasteiger partial charge in [0.15, 0.2) is 11.2 Å². The molecular weight excluding hydrogens is 1390 g/mol. The molecule has 114 heavy (non-hydrogen) atoms. The molecular formula is C108H66N4O2. The molecule has 0 atom stereocenters. The molecule has 0 aliphatic carbocycles. The zero-order valence-corrected chi connectivity index (χ0v) is 61.7. The van der Waals surface area contributed by atoms with Gasteiger partial charge in [0.05, 0.1) is 55.5 Å². The van der Waals surface area contributed by atoms with Gasteiger partial charge in [0.2, 0.25) is 0 Å². The summed E-state index contributed by atoms with van der Waals surface area (Å²) in [7, 11) is 0. The number of para-hydroxylation sites is 7. The number of fused-ring (bicyclic) bond motifs is 18. The molecule has 0 aliphatic heterocycles. The lowest BCUT2D eigenvalue weighted by molar-refractivity contribution is 0.666. The van der Waals surface area contributed by atoms with E-state index in [0.717, 1.165) is 172 Å².